The first kappa shape index (κ1) is 14.5. The molecule has 0 unspecified atom stereocenters. The molecule has 2 heterocycles. The number of aliphatic carboxylic acids is 1. The number of carbonyl (C=O) groups is 1. The van der Waals surface area contributed by atoms with Gasteiger partial charge in [-0.1, -0.05) is 6.42 Å². The number of rotatable bonds is 4. The summed E-state index contributed by atoms with van der Waals surface area (Å²) in [5, 5.41) is 13.7. The van der Waals surface area contributed by atoms with Gasteiger partial charge in [0.2, 0.25) is 0 Å². The average Bonchev–Trinajstić information content (AvgIpc) is 3.11. The standard InChI is InChI=1S/C13H19N3O4S/c1-2-16-11(5-7-14-16)21(19,20)15-8-10-4-3-6-13(10,9-15)12(17)18/h5,7,10H,2-4,6,8-9H2,1H3,(H,17,18)/t10-,13+/m0/s1. The molecule has 3 rings (SSSR count). The predicted molar refractivity (Wildman–Crippen MR) is 74.1 cm³/mol. The minimum absolute atomic E-state index is 0.0736. The van der Waals surface area contributed by atoms with Gasteiger partial charge in [-0.25, -0.2) is 8.42 Å². The van der Waals surface area contributed by atoms with Crippen molar-refractivity contribution < 1.29 is 18.3 Å². The van der Waals surface area contributed by atoms with Crippen molar-refractivity contribution in [2.24, 2.45) is 11.3 Å². The van der Waals surface area contributed by atoms with E-state index >= 15 is 0 Å². The Bertz CT molecular complexity index is 669. The predicted octanol–water partition coefficient (Wildman–Crippen LogP) is 0.778. The smallest absolute Gasteiger partial charge is 0.311 e. The van der Waals surface area contributed by atoms with Crippen molar-refractivity contribution in [2.75, 3.05) is 13.1 Å². The molecule has 0 aromatic carbocycles. The SMILES string of the molecule is CCn1nccc1S(=O)(=O)N1C[C@@H]2CCC[C@@]2(C(=O)O)C1. The minimum atomic E-state index is -3.68. The van der Waals surface area contributed by atoms with Crippen molar-refractivity contribution in [1.29, 1.82) is 0 Å². The van der Waals surface area contributed by atoms with Crippen LogP contribution in [0, 0.1) is 11.3 Å². The lowest BCUT2D eigenvalue weighted by Crippen LogP contribution is -2.37. The first-order valence-corrected chi connectivity index (χ1v) is 8.61. The number of hydrogen-bond donors (Lipinski definition) is 1. The lowest BCUT2D eigenvalue weighted by atomic mass is 9.81. The van der Waals surface area contributed by atoms with Gasteiger partial charge in [0.15, 0.2) is 5.03 Å². The number of aryl methyl sites for hydroxylation is 1. The minimum Gasteiger partial charge on any atom is -0.481 e. The van der Waals surface area contributed by atoms with E-state index < -0.39 is 21.4 Å². The van der Waals surface area contributed by atoms with E-state index in [-0.39, 0.29) is 17.5 Å². The van der Waals surface area contributed by atoms with Crippen molar-refractivity contribution in [3.8, 4) is 0 Å². The Balaban J connectivity index is 1.94. The molecule has 1 aliphatic carbocycles. The molecular weight excluding hydrogens is 294 g/mol. The van der Waals surface area contributed by atoms with E-state index in [0.29, 0.717) is 19.5 Å². The van der Waals surface area contributed by atoms with Crippen LogP contribution in [0.3, 0.4) is 0 Å². The molecule has 8 heteroatoms. The first-order valence-electron chi connectivity index (χ1n) is 7.17. The molecule has 116 valence electrons. The van der Waals surface area contributed by atoms with E-state index in [2.05, 4.69) is 5.10 Å². The Morgan fingerprint density at radius 1 is 1.57 bits per heavy atom. The van der Waals surface area contributed by atoms with Crippen LogP contribution in [0.1, 0.15) is 26.2 Å². The summed E-state index contributed by atoms with van der Waals surface area (Å²) < 4.78 is 28.2. The molecule has 1 saturated carbocycles. The molecule has 0 amide bonds. The molecule has 1 aliphatic heterocycles. The third kappa shape index (κ3) is 2.00. The second-order valence-corrected chi connectivity index (χ2v) is 7.72. The summed E-state index contributed by atoms with van der Waals surface area (Å²) >= 11 is 0. The maximum absolute atomic E-state index is 12.7. The Kier molecular flexibility index (Phi) is 3.32. The van der Waals surface area contributed by atoms with Crippen LogP contribution in [0.2, 0.25) is 0 Å². The van der Waals surface area contributed by atoms with Crippen LogP contribution in [0.4, 0.5) is 0 Å². The van der Waals surface area contributed by atoms with Crippen LogP contribution < -0.4 is 0 Å². The third-order valence-corrected chi connectivity index (χ3v) is 6.68. The van der Waals surface area contributed by atoms with E-state index in [9.17, 15) is 18.3 Å². The van der Waals surface area contributed by atoms with Crippen molar-refractivity contribution in [3.63, 3.8) is 0 Å². The molecule has 7 nitrogen and oxygen atoms in total. The highest BCUT2D eigenvalue weighted by molar-refractivity contribution is 7.89. The van der Waals surface area contributed by atoms with Gasteiger partial charge in [0.05, 0.1) is 11.6 Å². The second kappa shape index (κ2) is 4.81. The molecule has 1 N–H and O–H groups in total. The van der Waals surface area contributed by atoms with Gasteiger partial charge >= 0.3 is 5.97 Å². The average molecular weight is 313 g/mol. The Labute approximate surface area is 123 Å². The number of aromatic nitrogens is 2. The van der Waals surface area contributed by atoms with Crippen LogP contribution in [0.5, 0.6) is 0 Å². The summed E-state index contributed by atoms with van der Waals surface area (Å²) in [6, 6.07) is 1.47. The van der Waals surface area contributed by atoms with E-state index in [1.807, 2.05) is 6.92 Å². The first-order chi connectivity index (χ1) is 9.91. The zero-order valence-corrected chi connectivity index (χ0v) is 12.7. The highest BCUT2D eigenvalue weighted by Crippen LogP contribution is 2.50. The summed E-state index contributed by atoms with van der Waals surface area (Å²) in [6.07, 6.45) is 3.66. The summed E-state index contributed by atoms with van der Waals surface area (Å²) in [4.78, 5) is 11.6. The van der Waals surface area contributed by atoms with Crippen molar-refractivity contribution in [1.82, 2.24) is 14.1 Å². The Morgan fingerprint density at radius 3 is 2.95 bits per heavy atom. The van der Waals surface area contributed by atoms with Gasteiger partial charge < -0.3 is 5.11 Å². The monoisotopic (exact) mass is 313 g/mol. The van der Waals surface area contributed by atoms with Crippen molar-refractivity contribution >= 4 is 16.0 Å². The molecule has 0 bridgehead atoms. The zero-order valence-electron chi connectivity index (χ0n) is 11.9. The van der Waals surface area contributed by atoms with Gasteiger partial charge in [-0.3, -0.25) is 9.48 Å². The number of hydrogen-bond acceptors (Lipinski definition) is 4. The number of fused-ring (bicyclic) bond motifs is 1. The van der Waals surface area contributed by atoms with Gasteiger partial charge in [-0.05, 0) is 31.7 Å². The number of nitrogens with zero attached hydrogens (tertiary/aromatic N) is 3. The van der Waals surface area contributed by atoms with Gasteiger partial charge in [-0.2, -0.15) is 9.40 Å². The maximum Gasteiger partial charge on any atom is 0.311 e. The lowest BCUT2D eigenvalue weighted by molar-refractivity contribution is -0.149. The van der Waals surface area contributed by atoms with E-state index in [0.717, 1.165) is 12.8 Å². The molecule has 0 spiro atoms. The summed E-state index contributed by atoms with van der Waals surface area (Å²) in [5.41, 5.74) is -0.899. The lowest BCUT2D eigenvalue weighted by Gasteiger charge is -2.23. The van der Waals surface area contributed by atoms with Gasteiger partial charge in [0.25, 0.3) is 10.0 Å². The highest BCUT2D eigenvalue weighted by Gasteiger charge is 2.57. The Morgan fingerprint density at radius 2 is 2.33 bits per heavy atom. The summed E-state index contributed by atoms with van der Waals surface area (Å²) in [5.74, 6) is -0.950. The maximum atomic E-state index is 12.7. The molecule has 1 saturated heterocycles. The molecule has 0 radical (unpaired) electrons. The van der Waals surface area contributed by atoms with Gasteiger partial charge in [-0.15, -0.1) is 0 Å². The van der Waals surface area contributed by atoms with E-state index in [1.54, 1.807) is 0 Å². The number of carboxylic acid groups (broad SMARTS) is 1. The van der Waals surface area contributed by atoms with Gasteiger partial charge in [0.1, 0.15) is 0 Å². The molecular formula is C13H19N3O4S. The van der Waals surface area contributed by atoms with Crippen LogP contribution in [-0.4, -0.2) is 46.7 Å². The fourth-order valence-electron chi connectivity index (χ4n) is 3.69. The number of carboxylic acids is 1. The van der Waals surface area contributed by atoms with Gasteiger partial charge in [0, 0.05) is 19.6 Å². The van der Waals surface area contributed by atoms with E-state index in [1.165, 1.54) is 21.3 Å². The topological polar surface area (TPSA) is 92.5 Å². The van der Waals surface area contributed by atoms with Crippen LogP contribution >= 0.6 is 0 Å². The van der Waals surface area contributed by atoms with Crippen molar-refractivity contribution in [3.05, 3.63) is 12.3 Å². The highest BCUT2D eigenvalue weighted by atomic mass is 32.2. The zero-order chi connectivity index (χ0) is 15.3. The molecule has 2 fully saturated rings. The summed E-state index contributed by atoms with van der Waals surface area (Å²) in [7, 11) is -3.68. The largest absolute Gasteiger partial charge is 0.481 e. The quantitative estimate of drug-likeness (QED) is 0.886. The fraction of sp³-hybridized carbons (Fsp3) is 0.692. The Hall–Kier alpha value is -1.41. The molecule has 1 aromatic heterocycles. The van der Waals surface area contributed by atoms with Crippen LogP contribution in [0.15, 0.2) is 17.3 Å². The van der Waals surface area contributed by atoms with Crippen LogP contribution in [-0.2, 0) is 21.4 Å². The third-order valence-electron chi connectivity index (χ3n) is 4.85. The summed E-state index contributed by atoms with van der Waals surface area (Å²) in [6.45, 7) is 2.65. The second-order valence-electron chi connectivity index (χ2n) is 5.83. The molecule has 2 aliphatic rings. The molecule has 1 aromatic rings. The fourth-order valence-corrected chi connectivity index (χ4v) is 5.40. The van der Waals surface area contributed by atoms with Crippen LogP contribution in [0.25, 0.3) is 0 Å². The number of sulfonamides is 1. The van der Waals surface area contributed by atoms with Crippen molar-refractivity contribution in [2.45, 2.75) is 37.8 Å². The normalized spacial score (nSPS) is 29.7. The van der Waals surface area contributed by atoms with E-state index in [4.69, 9.17) is 0 Å². The molecule has 2 atom stereocenters. The molecule has 21 heavy (non-hydrogen) atoms.